The maximum absolute atomic E-state index is 10.8. The smallest absolute Gasteiger partial charge is 0.299 e. The summed E-state index contributed by atoms with van der Waals surface area (Å²) >= 11 is 0. The predicted octanol–water partition coefficient (Wildman–Crippen LogP) is 0.0973. The number of aromatic nitrogens is 2. The van der Waals surface area contributed by atoms with Gasteiger partial charge in [-0.25, -0.2) is 0 Å². The largest absolute Gasteiger partial charge is 0.468 e. The van der Waals surface area contributed by atoms with E-state index >= 15 is 0 Å². The van der Waals surface area contributed by atoms with Gasteiger partial charge in [-0.1, -0.05) is 0 Å². The lowest BCUT2D eigenvalue weighted by Crippen LogP contribution is -2.14. The number of nitrogens with zero attached hydrogens (tertiary/aromatic N) is 2. The Morgan fingerprint density at radius 2 is 2.27 bits per heavy atom. The zero-order valence-corrected chi connectivity index (χ0v) is 6.79. The first-order chi connectivity index (χ1) is 5.15. The van der Waals surface area contributed by atoms with Crippen LogP contribution in [0, 0.1) is 6.92 Å². The third-order valence-corrected chi connectivity index (χ3v) is 1.54. The van der Waals surface area contributed by atoms with Crippen LogP contribution >= 0.6 is 0 Å². The summed E-state index contributed by atoms with van der Waals surface area (Å²) in [5, 5.41) is 0. The van der Waals surface area contributed by atoms with Crippen molar-refractivity contribution in [2.24, 2.45) is 7.05 Å². The first kappa shape index (κ1) is 7.78. The van der Waals surface area contributed by atoms with E-state index in [1.54, 1.807) is 11.6 Å². The lowest BCUT2D eigenvalue weighted by atomic mass is 10.4. The fourth-order valence-corrected chi connectivity index (χ4v) is 0.810. The molecule has 1 rings (SSSR count). The maximum Gasteiger partial charge on any atom is 0.299 e. The van der Waals surface area contributed by atoms with E-state index in [2.05, 4.69) is 4.98 Å². The number of methoxy groups -OCH3 is 1. The van der Waals surface area contributed by atoms with Crippen LogP contribution in [0.3, 0.4) is 0 Å². The van der Waals surface area contributed by atoms with Crippen LogP contribution in [-0.4, -0.2) is 16.7 Å². The third-order valence-electron chi connectivity index (χ3n) is 1.54. The second-order valence-corrected chi connectivity index (χ2v) is 2.28. The summed E-state index contributed by atoms with van der Waals surface area (Å²) in [6, 6.07) is 1.80. The molecule has 0 N–H and O–H groups in total. The average Bonchev–Trinajstić information content (AvgIpc) is 1.96. The predicted molar refractivity (Wildman–Crippen MR) is 40.8 cm³/mol. The number of aryl methyl sites for hydroxylation is 1. The van der Waals surface area contributed by atoms with Gasteiger partial charge in [-0.3, -0.25) is 4.79 Å². The van der Waals surface area contributed by atoms with Crippen molar-refractivity contribution in [3.8, 4) is 6.01 Å². The normalized spacial score (nSPS) is 9.73. The van der Waals surface area contributed by atoms with Crippen LogP contribution in [0.5, 0.6) is 6.01 Å². The van der Waals surface area contributed by atoms with Gasteiger partial charge in [0.15, 0.2) is 0 Å². The number of rotatable bonds is 1. The van der Waals surface area contributed by atoms with E-state index in [-0.39, 0.29) is 5.56 Å². The van der Waals surface area contributed by atoms with Crippen LogP contribution < -0.4 is 10.3 Å². The molecule has 0 saturated carbocycles. The molecule has 11 heavy (non-hydrogen) atoms. The molecule has 0 fully saturated rings. The lowest BCUT2D eigenvalue weighted by molar-refractivity contribution is 0.356. The lowest BCUT2D eigenvalue weighted by Gasteiger charge is -2.06. The highest BCUT2D eigenvalue weighted by molar-refractivity contribution is 5.06. The van der Waals surface area contributed by atoms with Gasteiger partial charge in [0.2, 0.25) is 0 Å². The molecule has 0 amide bonds. The monoisotopic (exact) mass is 154 g/mol. The highest BCUT2D eigenvalue weighted by atomic mass is 16.5. The van der Waals surface area contributed by atoms with Crippen molar-refractivity contribution in [3.05, 3.63) is 22.1 Å². The molecular weight excluding hydrogens is 144 g/mol. The molecule has 0 atom stereocenters. The van der Waals surface area contributed by atoms with Gasteiger partial charge in [0.05, 0.1) is 7.11 Å². The van der Waals surface area contributed by atoms with Gasteiger partial charge in [-0.15, -0.1) is 0 Å². The highest BCUT2D eigenvalue weighted by Crippen LogP contribution is 2.02. The summed E-state index contributed by atoms with van der Waals surface area (Å²) < 4.78 is 6.57. The number of hydrogen-bond donors (Lipinski definition) is 0. The van der Waals surface area contributed by atoms with Crippen LogP contribution in [0.15, 0.2) is 10.9 Å². The first-order valence-electron chi connectivity index (χ1n) is 3.24. The Kier molecular flexibility index (Phi) is 1.94. The molecule has 0 unspecified atom stereocenters. The van der Waals surface area contributed by atoms with Crippen LogP contribution in [0.1, 0.15) is 5.69 Å². The van der Waals surface area contributed by atoms with Gasteiger partial charge < -0.3 is 9.30 Å². The van der Waals surface area contributed by atoms with Gasteiger partial charge in [-0.2, -0.15) is 4.98 Å². The molecule has 0 spiro atoms. The van der Waals surface area contributed by atoms with Crippen molar-refractivity contribution >= 4 is 0 Å². The highest BCUT2D eigenvalue weighted by Gasteiger charge is 2.00. The van der Waals surface area contributed by atoms with Gasteiger partial charge in [0.25, 0.3) is 11.6 Å². The minimum atomic E-state index is -0.266. The van der Waals surface area contributed by atoms with Crippen molar-refractivity contribution in [1.82, 2.24) is 9.55 Å². The van der Waals surface area contributed by atoms with E-state index in [4.69, 9.17) is 4.74 Å². The molecule has 1 aromatic rings. The molecule has 0 aliphatic carbocycles. The zero-order valence-electron chi connectivity index (χ0n) is 6.79. The van der Waals surface area contributed by atoms with E-state index < -0.39 is 0 Å². The van der Waals surface area contributed by atoms with Crippen LogP contribution in [-0.2, 0) is 7.05 Å². The molecule has 4 nitrogen and oxygen atoms in total. The molecule has 4 heteroatoms. The molecule has 0 aromatic carbocycles. The Morgan fingerprint density at radius 1 is 1.64 bits per heavy atom. The number of hydrogen-bond acceptors (Lipinski definition) is 3. The molecule has 1 aromatic heterocycles. The molecule has 0 radical (unpaired) electrons. The SMILES string of the molecule is COc1nc(=O)cc(C)n1C. The van der Waals surface area contributed by atoms with Gasteiger partial charge in [0.1, 0.15) is 0 Å². The van der Waals surface area contributed by atoms with Crippen LogP contribution in [0.2, 0.25) is 0 Å². The first-order valence-corrected chi connectivity index (χ1v) is 3.24. The fraction of sp³-hybridized carbons (Fsp3) is 0.429. The van der Waals surface area contributed by atoms with Crippen molar-refractivity contribution in [2.45, 2.75) is 6.92 Å². The van der Waals surface area contributed by atoms with Crippen LogP contribution in [0.25, 0.3) is 0 Å². The summed E-state index contributed by atoms with van der Waals surface area (Å²) in [5.41, 5.74) is 0.569. The summed E-state index contributed by atoms with van der Waals surface area (Å²) in [6.45, 7) is 1.82. The van der Waals surface area contributed by atoms with E-state index in [0.717, 1.165) is 5.69 Å². The van der Waals surface area contributed by atoms with Gasteiger partial charge in [0, 0.05) is 18.8 Å². The molecular formula is C7H10N2O2. The van der Waals surface area contributed by atoms with Gasteiger partial charge >= 0.3 is 0 Å². The number of ether oxygens (including phenoxy) is 1. The van der Waals surface area contributed by atoms with Crippen LogP contribution in [0.4, 0.5) is 0 Å². The Hall–Kier alpha value is -1.32. The second kappa shape index (κ2) is 2.74. The Morgan fingerprint density at radius 3 is 2.82 bits per heavy atom. The minimum Gasteiger partial charge on any atom is -0.468 e. The Balaban J connectivity index is 3.36. The zero-order chi connectivity index (χ0) is 8.43. The fourth-order valence-electron chi connectivity index (χ4n) is 0.810. The van der Waals surface area contributed by atoms with Crippen molar-refractivity contribution in [2.75, 3.05) is 7.11 Å². The van der Waals surface area contributed by atoms with E-state index in [0.29, 0.717) is 6.01 Å². The van der Waals surface area contributed by atoms with Crippen molar-refractivity contribution in [1.29, 1.82) is 0 Å². The standard InChI is InChI=1S/C7H10N2O2/c1-5-4-6(10)8-7(11-3)9(5)2/h4H,1-3H3. The average molecular weight is 154 g/mol. The summed E-state index contributed by atoms with van der Waals surface area (Å²) in [4.78, 5) is 14.5. The second-order valence-electron chi connectivity index (χ2n) is 2.28. The van der Waals surface area contributed by atoms with E-state index in [9.17, 15) is 4.79 Å². The minimum absolute atomic E-state index is 0.266. The summed E-state index contributed by atoms with van der Waals surface area (Å²) in [5.74, 6) is 0. The molecule has 60 valence electrons. The molecule has 0 saturated heterocycles. The Labute approximate surface area is 64.5 Å². The summed E-state index contributed by atoms with van der Waals surface area (Å²) in [7, 11) is 3.28. The molecule has 0 bridgehead atoms. The summed E-state index contributed by atoms with van der Waals surface area (Å²) in [6.07, 6.45) is 0. The molecule has 0 aliphatic heterocycles. The van der Waals surface area contributed by atoms with Crippen molar-refractivity contribution in [3.63, 3.8) is 0 Å². The van der Waals surface area contributed by atoms with Gasteiger partial charge in [-0.05, 0) is 6.92 Å². The maximum atomic E-state index is 10.8. The topological polar surface area (TPSA) is 44.1 Å². The van der Waals surface area contributed by atoms with Crippen molar-refractivity contribution < 1.29 is 4.74 Å². The van der Waals surface area contributed by atoms with E-state index in [1.807, 2.05) is 6.92 Å². The third kappa shape index (κ3) is 1.39. The molecule has 0 aliphatic rings. The quantitative estimate of drug-likeness (QED) is 0.576. The molecule has 1 heterocycles. The Bertz CT molecular complexity index is 317. The van der Waals surface area contributed by atoms with E-state index in [1.165, 1.54) is 13.2 Å².